The van der Waals surface area contributed by atoms with Crippen molar-refractivity contribution in [1.29, 1.82) is 0 Å². The zero-order valence-corrected chi connectivity index (χ0v) is 18.6. The molecule has 35 heavy (non-hydrogen) atoms. The fourth-order valence-electron chi connectivity index (χ4n) is 4.34. The maximum atomic E-state index is 14.8. The summed E-state index contributed by atoms with van der Waals surface area (Å²) in [6.07, 6.45) is 2.11. The van der Waals surface area contributed by atoms with Gasteiger partial charge in [-0.3, -0.25) is 14.4 Å². The van der Waals surface area contributed by atoms with Gasteiger partial charge in [0.1, 0.15) is 18.2 Å². The van der Waals surface area contributed by atoms with E-state index in [1.54, 1.807) is 18.2 Å². The standard InChI is InChI=1S/C25H20F2N4O4/c1-35-11-21(32)30-19-10-18-14(8-16(19)27)15(24(33)31-18)9-20-22(12-2-4-13(26)5-3-12)23-17(29-20)6-7-28-25(23)34/h2-5,8-10,29H,6-7,11H2,1H3,(H,28,34)(H,30,32)(H,31,33)/b15-9+. The lowest BCUT2D eigenvalue weighted by molar-refractivity contribution is -0.119. The van der Waals surface area contributed by atoms with Gasteiger partial charge in [-0.05, 0) is 35.9 Å². The molecule has 0 radical (unpaired) electrons. The number of carbonyl (C=O) groups is 3. The summed E-state index contributed by atoms with van der Waals surface area (Å²) < 4.78 is 33.1. The highest BCUT2D eigenvalue weighted by Crippen LogP contribution is 2.39. The van der Waals surface area contributed by atoms with Crippen molar-refractivity contribution >= 4 is 40.7 Å². The smallest absolute Gasteiger partial charge is 0.256 e. The molecular formula is C25H20F2N4O4. The fraction of sp³-hybridized carbons (Fsp3) is 0.160. The molecule has 0 bridgehead atoms. The molecule has 0 saturated heterocycles. The first kappa shape index (κ1) is 22.5. The van der Waals surface area contributed by atoms with Crippen molar-refractivity contribution in [2.45, 2.75) is 6.42 Å². The van der Waals surface area contributed by atoms with E-state index in [1.165, 1.54) is 25.3 Å². The van der Waals surface area contributed by atoms with E-state index in [9.17, 15) is 23.2 Å². The van der Waals surface area contributed by atoms with Gasteiger partial charge in [0.05, 0.1) is 22.5 Å². The highest BCUT2D eigenvalue weighted by atomic mass is 19.1. The molecule has 0 saturated carbocycles. The Bertz CT molecular complexity index is 1410. The van der Waals surface area contributed by atoms with Crippen LogP contribution in [0.1, 0.15) is 27.3 Å². The third-order valence-corrected chi connectivity index (χ3v) is 5.86. The van der Waals surface area contributed by atoms with Gasteiger partial charge >= 0.3 is 0 Å². The maximum absolute atomic E-state index is 14.8. The third kappa shape index (κ3) is 4.08. The van der Waals surface area contributed by atoms with Crippen LogP contribution in [0.25, 0.3) is 22.8 Å². The molecule has 0 fully saturated rings. The monoisotopic (exact) mass is 478 g/mol. The molecule has 0 spiro atoms. The lowest BCUT2D eigenvalue weighted by Crippen LogP contribution is -2.31. The lowest BCUT2D eigenvalue weighted by Gasteiger charge is -2.14. The number of methoxy groups -OCH3 is 1. The van der Waals surface area contributed by atoms with Crippen LogP contribution in [0.15, 0.2) is 36.4 Å². The molecule has 178 valence electrons. The SMILES string of the molecule is COCC(=O)Nc1cc2c(cc1F)/C(=C\c1[nH]c3c(c1-c1ccc(F)cc1)C(=O)NCC3)C(=O)N2. The minimum absolute atomic E-state index is 0.0913. The van der Waals surface area contributed by atoms with E-state index < -0.39 is 23.4 Å². The number of carbonyl (C=O) groups excluding carboxylic acids is 3. The molecule has 2 aliphatic heterocycles. The highest BCUT2D eigenvalue weighted by Gasteiger charge is 2.30. The normalized spacial score (nSPS) is 15.5. The van der Waals surface area contributed by atoms with E-state index in [0.29, 0.717) is 52.3 Å². The predicted octanol–water partition coefficient (Wildman–Crippen LogP) is 3.32. The van der Waals surface area contributed by atoms with Gasteiger partial charge in [0.2, 0.25) is 5.91 Å². The summed E-state index contributed by atoms with van der Waals surface area (Å²) in [6, 6.07) is 8.19. The zero-order chi connectivity index (χ0) is 24.7. The molecular weight excluding hydrogens is 458 g/mol. The summed E-state index contributed by atoms with van der Waals surface area (Å²) in [4.78, 5) is 40.5. The summed E-state index contributed by atoms with van der Waals surface area (Å²) >= 11 is 0. The van der Waals surface area contributed by atoms with Gasteiger partial charge in [0.15, 0.2) is 0 Å². The van der Waals surface area contributed by atoms with Gasteiger partial charge in [-0.2, -0.15) is 0 Å². The van der Waals surface area contributed by atoms with E-state index in [-0.39, 0.29) is 23.8 Å². The van der Waals surface area contributed by atoms with Crippen LogP contribution in [0.4, 0.5) is 20.2 Å². The third-order valence-electron chi connectivity index (χ3n) is 5.86. The molecule has 10 heteroatoms. The van der Waals surface area contributed by atoms with Crippen LogP contribution in [-0.2, 0) is 20.7 Å². The number of ether oxygens (including phenoxy) is 1. The van der Waals surface area contributed by atoms with Crippen LogP contribution in [-0.4, -0.2) is 43.0 Å². The average molecular weight is 478 g/mol. The number of amides is 3. The van der Waals surface area contributed by atoms with Crippen molar-refractivity contribution in [3.8, 4) is 11.1 Å². The Kier molecular flexibility index (Phi) is 5.65. The van der Waals surface area contributed by atoms with Gasteiger partial charge in [-0.1, -0.05) is 12.1 Å². The second-order valence-electron chi connectivity index (χ2n) is 8.15. The Morgan fingerprint density at radius 3 is 2.63 bits per heavy atom. The Morgan fingerprint density at radius 2 is 1.89 bits per heavy atom. The summed E-state index contributed by atoms with van der Waals surface area (Å²) in [7, 11) is 1.35. The van der Waals surface area contributed by atoms with Crippen LogP contribution in [0, 0.1) is 11.6 Å². The first-order valence-electron chi connectivity index (χ1n) is 10.8. The minimum Gasteiger partial charge on any atom is -0.375 e. The number of hydrogen-bond acceptors (Lipinski definition) is 4. The Hall–Kier alpha value is -4.31. The summed E-state index contributed by atoms with van der Waals surface area (Å²) in [5.74, 6) is -2.42. The molecule has 8 nitrogen and oxygen atoms in total. The van der Waals surface area contributed by atoms with E-state index in [2.05, 4.69) is 20.9 Å². The number of fused-ring (bicyclic) bond motifs is 2. The van der Waals surface area contributed by atoms with Crippen molar-refractivity contribution in [2.24, 2.45) is 0 Å². The molecule has 1 aromatic heterocycles. The van der Waals surface area contributed by atoms with Crippen molar-refractivity contribution < 1.29 is 27.9 Å². The summed E-state index contributed by atoms with van der Waals surface area (Å²) in [5.41, 5.74) is 3.42. The molecule has 2 aromatic carbocycles. The van der Waals surface area contributed by atoms with Crippen molar-refractivity contribution in [1.82, 2.24) is 10.3 Å². The van der Waals surface area contributed by atoms with Crippen LogP contribution in [0.5, 0.6) is 0 Å². The van der Waals surface area contributed by atoms with Crippen molar-refractivity contribution in [3.63, 3.8) is 0 Å². The second-order valence-corrected chi connectivity index (χ2v) is 8.15. The number of hydrogen-bond donors (Lipinski definition) is 4. The molecule has 0 atom stereocenters. The maximum Gasteiger partial charge on any atom is 0.256 e. The number of H-pyrrole nitrogens is 1. The lowest BCUT2D eigenvalue weighted by atomic mass is 9.95. The summed E-state index contributed by atoms with van der Waals surface area (Å²) in [5, 5.41) is 7.88. The minimum atomic E-state index is -0.723. The van der Waals surface area contributed by atoms with Crippen LogP contribution < -0.4 is 16.0 Å². The van der Waals surface area contributed by atoms with Gasteiger partial charge in [0, 0.05) is 42.6 Å². The molecule has 3 amide bonds. The topological polar surface area (TPSA) is 112 Å². The van der Waals surface area contributed by atoms with Crippen molar-refractivity contribution in [2.75, 3.05) is 30.9 Å². The molecule has 3 aromatic rings. The highest BCUT2D eigenvalue weighted by molar-refractivity contribution is 6.35. The number of benzene rings is 2. The molecule has 5 rings (SSSR count). The van der Waals surface area contributed by atoms with E-state index >= 15 is 0 Å². The van der Waals surface area contributed by atoms with Crippen LogP contribution in [0.2, 0.25) is 0 Å². The molecule has 0 aliphatic carbocycles. The van der Waals surface area contributed by atoms with E-state index in [4.69, 9.17) is 4.74 Å². The first-order chi connectivity index (χ1) is 16.9. The molecule has 2 aliphatic rings. The summed E-state index contributed by atoms with van der Waals surface area (Å²) in [6.45, 7) is 0.211. The average Bonchev–Trinajstić information content (AvgIpc) is 3.33. The quantitative estimate of drug-likeness (QED) is 0.422. The second kappa shape index (κ2) is 8.80. The zero-order valence-electron chi connectivity index (χ0n) is 18.6. The number of halogens is 2. The Morgan fingerprint density at radius 1 is 1.11 bits per heavy atom. The van der Waals surface area contributed by atoms with Crippen LogP contribution >= 0.6 is 0 Å². The molecule has 3 heterocycles. The Labute approximate surface area is 198 Å². The van der Waals surface area contributed by atoms with Gasteiger partial charge in [-0.15, -0.1) is 0 Å². The van der Waals surface area contributed by atoms with Gasteiger partial charge < -0.3 is 25.7 Å². The fourth-order valence-corrected chi connectivity index (χ4v) is 4.34. The molecule has 0 unspecified atom stereocenters. The largest absolute Gasteiger partial charge is 0.375 e. The van der Waals surface area contributed by atoms with Crippen LogP contribution in [0.3, 0.4) is 0 Å². The molecule has 4 N–H and O–H groups in total. The number of nitrogens with one attached hydrogen (secondary N) is 4. The first-order valence-corrected chi connectivity index (χ1v) is 10.8. The predicted molar refractivity (Wildman–Crippen MR) is 126 cm³/mol. The number of rotatable bonds is 5. The van der Waals surface area contributed by atoms with Gasteiger partial charge in [0.25, 0.3) is 11.8 Å². The number of anilines is 2. The van der Waals surface area contributed by atoms with E-state index in [0.717, 1.165) is 6.07 Å². The van der Waals surface area contributed by atoms with Crippen molar-refractivity contribution in [3.05, 3.63) is 70.5 Å². The number of aromatic nitrogens is 1. The van der Waals surface area contributed by atoms with Gasteiger partial charge in [-0.25, -0.2) is 8.78 Å². The van der Waals surface area contributed by atoms with E-state index in [1.807, 2.05) is 0 Å². The number of aromatic amines is 1. The Balaban J connectivity index is 1.61.